The van der Waals surface area contributed by atoms with Crippen molar-refractivity contribution in [1.29, 1.82) is 0 Å². The fourth-order valence-electron chi connectivity index (χ4n) is 2.32. The van der Waals surface area contributed by atoms with Gasteiger partial charge in [0.1, 0.15) is 5.82 Å². The number of rotatable bonds is 4. The minimum absolute atomic E-state index is 0.295. The van der Waals surface area contributed by atoms with Crippen LogP contribution in [0.1, 0.15) is 37.5 Å². The van der Waals surface area contributed by atoms with Crippen LogP contribution in [0, 0.1) is 0 Å². The van der Waals surface area contributed by atoms with Crippen molar-refractivity contribution in [3.8, 4) is 0 Å². The smallest absolute Gasteiger partial charge is 0.125 e. The first kappa shape index (κ1) is 11.6. The van der Waals surface area contributed by atoms with E-state index < -0.39 is 0 Å². The number of aryl methyl sites for hydroxylation is 1. The van der Waals surface area contributed by atoms with Gasteiger partial charge >= 0.3 is 0 Å². The summed E-state index contributed by atoms with van der Waals surface area (Å²) >= 11 is 0. The van der Waals surface area contributed by atoms with E-state index in [0.29, 0.717) is 12.1 Å². The molecule has 1 fully saturated rings. The van der Waals surface area contributed by atoms with Crippen LogP contribution in [0.4, 0.5) is 0 Å². The zero-order valence-electron chi connectivity index (χ0n) is 10.1. The van der Waals surface area contributed by atoms with E-state index in [1.165, 1.54) is 19.3 Å². The summed E-state index contributed by atoms with van der Waals surface area (Å²) in [7, 11) is 4.02. The number of imidazole rings is 1. The van der Waals surface area contributed by atoms with Gasteiger partial charge in [0.05, 0.1) is 12.1 Å². The topological polar surface area (TPSA) is 39.1 Å². The second-order valence-corrected chi connectivity index (χ2v) is 4.46. The molecule has 0 radical (unpaired) electrons. The average Bonchev–Trinajstić information content (AvgIpc) is 2.74. The molecule has 4 nitrogen and oxygen atoms in total. The predicted molar refractivity (Wildman–Crippen MR) is 63.2 cm³/mol. The summed E-state index contributed by atoms with van der Waals surface area (Å²) in [5, 5.41) is 3.33. The molecule has 1 N–H and O–H groups in total. The molecule has 16 heavy (non-hydrogen) atoms. The number of hydrogen-bond acceptors (Lipinski definition) is 3. The number of hydrogen-bond donors (Lipinski definition) is 1. The maximum absolute atomic E-state index is 5.77. The molecule has 1 aromatic heterocycles. The largest absolute Gasteiger partial charge is 0.378 e. The summed E-state index contributed by atoms with van der Waals surface area (Å²) in [4.78, 5) is 4.40. The minimum Gasteiger partial charge on any atom is -0.378 e. The third kappa shape index (κ3) is 2.62. The van der Waals surface area contributed by atoms with Crippen molar-refractivity contribution >= 4 is 0 Å². The van der Waals surface area contributed by atoms with Crippen molar-refractivity contribution in [1.82, 2.24) is 14.9 Å². The van der Waals surface area contributed by atoms with Crippen LogP contribution < -0.4 is 5.32 Å². The van der Waals surface area contributed by atoms with Crippen LogP contribution in [0.2, 0.25) is 0 Å². The van der Waals surface area contributed by atoms with Crippen molar-refractivity contribution < 1.29 is 4.74 Å². The molecule has 0 aliphatic carbocycles. The maximum Gasteiger partial charge on any atom is 0.125 e. The van der Waals surface area contributed by atoms with Crippen LogP contribution in [0.3, 0.4) is 0 Å². The first-order chi connectivity index (χ1) is 7.81. The average molecular weight is 223 g/mol. The third-order valence-corrected chi connectivity index (χ3v) is 3.29. The van der Waals surface area contributed by atoms with Gasteiger partial charge in [-0.1, -0.05) is 0 Å². The molecule has 90 valence electrons. The van der Waals surface area contributed by atoms with Gasteiger partial charge in [0, 0.05) is 26.0 Å². The molecule has 2 unspecified atom stereocenters. The molecule has 0 amide bonds. The van der Waals surface area contributed by atoms with Gasteiger partial charge in [-0.3, -0.25) is 0 Å². The molecule has 4 heteroatoms. The highest BCUT2D eigenvalue weighted by atomic mass is 16.5. The number of aromatic nitrogens is 2. The molecule has 0 bridgehead atoms. The summed E-state index contributed by atoms with van der Waals surface area (Å²) in [6, 6.07) is 0.295. The van der Waals surface area contributed by atoms with Crippen molar-refractivity contribution in [2.24, 2.45) is 7.05 Å². The Balaban J connectivity index is 1.97. The first-order valence-electron chi connectivity index (χ1n) is 6.07. The number of nitrogens with zero attached hydrogens (tertiary/aromatic N) is 2. The molecule has 1 aliphatic heterocycles. The van der Waals surface area contributed by atoms with E-state index in [4.69, 9.17) is 4.74 Å². The highest BCUT2D eigenvalue weighted by Crippen LogP contribution is 2.23. The zero-order chi connectivity index (χ0) is 11.4. The lowest BCUT2D eigenvalue weighted by atomic mass is 10.0. The van der Waals surface area contributed by atoms with Crippen molar-refractivity contribution in [2.75, 3.05) is 13.7 Å². The Morgan fingerprint density at radius 1 is 1.62 bits per heavy atom. The van der Waals surface area contributed by atoms with E-state index in [0.717, 1.165) is 18.9 Å². The van der Waals surface area contributed by atoms with Crippen molar-refractivity contribution in [3.05, 3.63) is 18.2 Å². The van der Waals surface area contributed by atoms with Gasteiger partial charge in [-0.2, -0.15) is 0 Å². The van der Waals surface area contributed by atoms with Crippen LogP contribution in [0.25, 0.3) is 0 Å². The van der Waals surface area contributed by atoms with Crippen LogP contribution >= 0.6 is 0 Å². The Morgan fingerprint density at radius 3 is 3.06 bits per heavy atom. The SMILES string of the molecule is CNC(CC1CCCCO1)c1nccn1C. The van der Waals surface area contributed by atoms with Gasteiger partial charge in [-0.15, -0.1) is 0 Å². The van der Waals surface area contributed by atoms with Crippen LogP contribution in [-0.4, -0.2) is 29.3 Å². The molecule has 2 atom stereocenters. The highest BCUT2D eigenvalue weighted by molar-refractivity contribution is 4.99. The maximum atomic E-state index is 5.77. The predicted octanol–water partition coefficient (Wildman–Crippen LogP) is 1.64. The lowest BCUT2D eigenvalue weighted by Crippen LogP contribution is -2.28. The van der Waals surface area contributed by atoms with Gasteiger partial charge in [0.2, 0.25) is 0 Å². The molecule has 0 saturated carbocycles. The van der Waals surface area contributed by atoms with E-state index in [9.17, 15) is 0 Å². The van der Waals surface area contributed by atoms with Gasteiger partial charge in [0.15, 0.2) is 0 Å². The van der Waals surface area contributed by atoms with E-state index in [2.05, 4.69) is 14.9 Å². The van der Waals surface area contributed by atoms with E-state index >= 15 is 0 Å². The quantitative estimate of drug-likeness (QED) is 0.843. The molecule has 2 heterocycles. The molecular weight excluding hydrogens is 202 g/mol. The summed E-state index contributed by atoms with van der Waals surface area (Å²) in [6.45, 7) is 0.918. The second-order valence-electron chi connectivity index (χ2n) is 4.46. The normalized spacial score (nSPS) is 23.2. The van der Waals surface area contributed by atoms with Gasteiger partial charge in [-0.05, 0) is 32.7 Å². The third-order valence-electron chi connectivity index (χ3n) is 3.29. The van der Waals surface area contributed by atoms with Crippen molar-refractivity contribution in [3.63, 3.8) is 0 Å². The van der Waals surface area contributed by atoms with Crippen LogP contribution in [-0.2, 0) is 11.8 Å². The Labute approximate surface area is 97.0 Å². The summed E-state index contributed by atoms with van der Waals surface area (Å²) in [5.41, 5.74) is 0. The Bertz CT molecular complexity index is 318. The van der Waals surface area contributed by atoms with E-state index in [1.807, 2.05) is 26.5 Å². The molecule has 1 aliphatic rings. The van der Waals surface area contributed by atoms with Crippen LogP contribution in [0.5, 0.6) is 0 Å². The summed E-state index contributed by atoms with van der Waals surface area (Å²) < 4.78 is 7.84. The number of nitrogens with one attached hydrogen (secondary N) is 1. The Morgan fingerprint density at radius 2 is 2.50 bits per heavy atom. The molecular formula is C12H21N3O. The molecule has 0 aromatic carbocycles. The lowest BCUT2D eigenvalue weighted by molar-refractivity contribution is 0.00482. The first-order valence-corrected chi connectivity index (χ1v) is 6.07. The second kappa shape index (κ2) is 5.46. The standard InChI is InChI=1S/C12H21N3O/c1-13-11(12-14-6-7-15(12)2)9-10-5-3-4-8-16-10/h6-7,10-11,13H,3-5,8-9H2,1-2H3. The fourth-order valence-corrected chi connectivity index (χ4v) is 2.32. The van der Waals surface area contributed by atoms with E-state index in [1.54, 1.807) is 0 Å². The molecule has 1 saturated heterocycles. The minimum atomic E-state index is 0.295. The summed E-state index contributed by atoms with van der Waals surface area (Å²) in [5.74, 6) is 1.09. The van der Waals surface area contributed by atoms with E-state index in [-0.39, 0.29) is 0 Å². The lowest BCUT2D eigenvalue weighted by Gasteiger charge is -2.26. The number of ether oxygens (including phenoxy) is 1. The summed E-state index contributed by atoms with van der Waals surface area (Å²) in [6.07, 6.45) is 8.93. The monoisotopic (exact) mass is 223 g/mol. The molecule has 0 spiro atoms. The highest BCUT2D eigenvalue weighted by Gasteiger charge is 2.21. The van der Waals surface area contributed by atoms with Crippen molar-refractivity contribution in [2.45, 2.75) is 37.8 Å². The molecule has 1 aromatic rings. The van der Waals surface area contributed by atoms with Gasteiger partial charge in [-0.25, -0.2) is 4.98 Å². The van der Waals surface area contributed by atoms with Gasteiger partial charge < -0.3 is 14.6 Å². The molecule has 2 rings (SSSR count). The van der Waals surface area contributed by atoms with Crippen LogP contribution in [0.15, 0.2) is 12.4 Å². The Hall–Kier alpha value is -0.870. The van der Waals surface area contributed by atoms with Gasteiger partial charge in [0.25, 0.3) is 0 Å². The fraction of sp³-hybridized carbons (Fsp3) is 0.750. The zero-order valence-corrected chi connectivity index (χ0v) is 10.1. The Kier molecular flexibility index (Phi) is 3.96.